The van der Waals surface area contributed by atoms with Crippen LogP contribution in [0.2, 0.25) is 0 Å². The van der Waals surface area contributed by atoms with Gasteiger partial charge in [-0.15, -0.1) is 0 Å². The Balaban J connectivity index is 3.50. The molecule has 0 heterocycles. The van der Waals surface area contributed by atoms with Crippen LogP contribution >= 0.6 is 0 Å². The maximum atomic E-state index is 10.9. The van der Waals surface area contributed by atoms with Gasteiger partial charge >= 0.3 is 0 Å². The Morgan fingerprint density at radius 3 is 2.30 bits per heavy atom. The lowest BCUT2D eigenvalue weighted by atomic mass is 9.96. The third kappa shape index (κ3) is 3.65. The first-order valence-electron chi connectivity index (χ1n) is 4.22. The Bertz CT molecular complexity index is 96.9. The molecule has 1 unspecified atom stereocenters. The van der Waals surface area contributed by atoms with Gasteiger partial charge in [0.15, 0.2) is 0 Å². The molecule has 0 aliphatic heterocycles. The SMILES string of the molecule is CCCCC(CC)C(C)=O. The van der Waals surface area contributed by atoms with Crippen LogP contribution in [0.4, 0.5) is 0 Å². The fourth-order valence-corrected chi connectivity index (χ4v) is 1.15. The second-order valence-electron chi connectivity index (χ2n) is 2.86. The van der Waals surface area contributed by atoms with Gasteiger partial charge in [0.1, 0.15) is 5.78 Å². The molecule has 0 aromatic rings. The van der Waals surface area contributed by atoms with Gasteiger partial charge in [-0.2, -0.15) is 0 Å². The van der Waals surface area contributed by atoms with E-state index in [1.54, 1.807) is 6.92 Å². The van der Waals surface area contributed by atoms with E-state index in [1.807, 2.05) is 0 Å². The third-order valence-electron chi connectivity index (χ3n) is 1.97. The fourth-order valence-electron chi connectivity index (χ4n) is 1.15. The molecule has 0 rings (SSSR count). The van der Waals surface area contributed by atoms with Gasteiger partial charge in [-0.1, -0.05) is 26.7 Å². The van der Waals surface area contributed by atoms with E-state index >= 15 is 0 Å². The average molecular weight is 142 g/mol. The zero-order valence-electron chi connectivity index (χ0n) is 7.31. The number of hydrogen-bond acceptors (Lipinski definition) is 1. The number of ketones is 1. The van der Waals surface area contributed by atoms with E-state index < -0.39 is 0 Å². The van der Waals surface area contributed by atoms with Gasteiger partial charge < -0.3 is 0 Å². The molecule has 0 N–H and O–H groups in total. The van der Waals surface area contributed by atoms with Crippen molar-refractivity contribution in [3.63, 3.8) is 0 Å². The van der Waals surface area contributed by atoms with Gasteiger partial charge in [0.05, 0.1) is 0 Å². The molecule has 0 radical (unpaired) electrons. The smallest absolute Gasteiger partial charge is 0.132 e. The molecule has 0 amide bonds. The molecule has 0 aliphatic carbocycles. The van der Waals surface area contributed by atoms with Crippen LogP contribution in [-0.4, -0.2) is 5.78 Å². The summed E-state index contributed by atoms with van der Waals surface area (Å²) in [6.45, 7) is 5.94. The quantitative estimate of drug-likeness (QED) is 0.577. The molecular weight excluding hydrogens is 124 g/mol. The summed E-state index contributed by atoms with van der Waals surface area (Å²) in [7, 11) is 0. The predicted octanol–water partition coefficient (Wildman–Crippen LogP) is 2.79. The topological polar surface area (TPSA) is 17.1 Å². The average Bonchev–Trinajstić information content (AvgIpc) is 1.89. The van der Waals surface area contributed by atoms with Crippen molar-refractivity contribution in [2.24, 2.45) is 5.92 Å². The predicted molar refractivity (Wildman–Crippen MR) is 44.0 cm³/mol. The molecule has 0 spiro atoms. The molecule has 0 saturated heterocycles. The standard InChI is InChI=1S/C9H18O/c1-4-6-7-9(5-2)8(3)10/h9H,4-7H2,1-3H3. The summed E-state index contributed by atoms with van der Waals surface area (Å²) in [5.74, 6) is 0.691. The molecular formula is C9H18O. The summed E-state index contributed by atoms with van der Waals surface area (Å²) in [6.07, 6.45) is 4.49. The first-order valence-corrected chi connectivity index (χ1v) is 4.22. The minimum absolute atomic E-state index is 0.333. The van der Waals surface area contributed by atoms with Gasteiger partial charge in [0.2, 0.25) is 0 Å². The molecule has 0 aromatic carbocycles. The second kappa shape index (κ2) is 5.45. The minimum Gasteiger partial charge on any atom is -0.300 e. The largest absolute Gasteiger partial charge is 0.300 e. The first kappa shape index (κ1) is 9.67. The van der Waals surface area contributed by atoms with Crippen molar-refractivity contribution >= 4 is 5.78 Å². The molecule has 0 fully saturated rings. The van der Waals surface area contributed by atoms with Crippen LogP contribution in [-0.2, 0) is 4.79 Å². The molecule has 0 aromatic heterocycles. The molecule has 0 bridgehead atoms. The Kier molecular flexibility index (Phi) is 5.27. The van der Waals surface area contributed by atoms with Crippen molar-refractivity contribution in [1.82, 2.24) is 0 Å². The summed E-state index contributed by atoms with van der Waals surface area (Å²) < 4.78 is 0. The van der Waals surface area contributed by atoms with E-state index in [0.717, 1.165) is 12.8 Å². The van der Waals surface area contributed by atoms with Crippen LogP contribution < -0.4 is 0 Å². The zero-order valence-corrected chi connectivity index (χ0v) is 7.31. The highest BCUT2D eigenvalue weighted by Gasteiger charge is 2.09. The van der Waals surface area contributed by atoms with E-state index in [2.05, 4.69) is 13.8 Å². The highest BCUT2D eigenvalue weighted by molar-refractivity contribution is 5.78. The normalized spacial score (nSPS) is 13.1. The lowest BCUT2D eigenvalue weighted by molar-refractivity contribution is -0.121. The van der Waals surface area contributed by atoms with Crippen LogP contribution in [0.3, 0.4) is 0 Å². The summed E-state index contributed by atoms with van der Waals surface area (Å²) in [4.78, 5) is 10.9. The van der Waals surface area contributed by atoms with Gasteiger partial charge in [-0.25, -0.2) is 0 Å². The number of unbranched alkanes of at least 4 members (excludes halogenated alkanes) is 1. The summed E-state index contributed by atoms with van der Waals surface area (Å²) >= 11 is 0. The van der Waals surface area contributed by atoms with Crippen LogP contribution in [0.25, 0.3) is 0 Å². The number of carbonyl (C=O) groups excluding carboxylic acids is 1. The van der Waals surface area contributed by atoms with Crippen LogP contribution in [0.5, 0.6) is 0 Å². The third-order valence-corrected chi connectivity index (χ3v) is 1.97. The Morgan fingerprint density at radius 2 is 2.00 bits per heavy atom. The van der Waals surface area contributed by atoms with Gasteiger partial charge in [0, 0.05) is 5.92 Å². The molecule has 1 heteroatoms. The van der Waals surface area contributed by atoms with Crippen molar-refractivity contribution in [3.05, 3.63) is 0 Å². The number of rotatable bonds is 5. The van der Waals surface area contributed by atoms with Gasteiger partial charge in [-0.3, -0.25) is 4.79 Å². The van der Waals surface area contributed by atoms with Crippen LogP contribution in [0.1, 0.15) is 46.5 Å². The zero-order chi connectivity index (χ0) is 7.98. The maximum Gasteiger partial charge on any atom is 0.132 e. The monoisotopic (exact) mass is 142 g/mol. The lowest BCUT2D eigenvalue weighted by Crippen LogP contribution is -2.08. The molecule has 1 nitrogen and oxygen atoms in total. The van der Waals surface area contributed by atoms with E-state index in [4.69, 9.17) is 0 Å². The summed E-state index contributed by atoms with van der Waals surface area (Å²) in [6, 6.07) is 0. The van der Waals surface area contributed by atoms with E-state index in [-0.39, 0.29) is 0 Å². The Morgan fingerprint density at radius 1 is 1.40 bits per heavy atom. The molecule has 10 heavy (non-hydrogen) atoms. The van der Waals surface area contributed by atoms with Crippen LogP contribution in [0.15, 0.2) is 0 Å². The molecule has 1 atom stereocenters. The maximum absolute atomic E-state index is 10.9. The first-order chi connectivity index (χ1) is 4.72. The number of carbonyl (C=O) groups is 1. The molecule has 0 saturated carbocycles. The number of Topliss-reactive ketones (excluding diaryl/α,β-unsaturated/α-hetero) is 1. The number of hydrogen-bond donors (Lipinski definition) is 0. The minimum atomic E-state index is 0.333. The van der Waals surface area contributed by atoms with Crippen molar-refractivity contribution in [1.29, 1.82) is 0 Å². The Labute approximate surface area is 63.8 Å². The van der Waals surface area contributed by atoms with Gasteiger partial charge in [0.25, 0.3) is 0 Å². The van der Waals surface area contributed by atoms with E-state index in [0.29, 0.717) is 11.7 Å². The van der Waals surface area contributed by atoms with Crippen molar-refractivity contribution < 1.29 is 4.79 Å². The summed E-state index contributed by atoms with van der Waals surface area (Å²) in [5, 5.41) is 0. The molecule has 0 aliphatic rings. The van der Waals surface area contributed by atoms with Crippen molar-refractivity contribution in [3.8, 4) is 0 Å². The Hall–Kier alpha value is -0.330. The summed E-state index contributed by atoms with van der Waals surface area (Å²) in [5.41, 5.74) is 0. The second-order valence-corrected chi connectivity index (χ2v) is 2.86. The van der Waals surface area contributed by atoms with E-state index in [9.17, 15) is 4.79 Å². The highest BCUT2D eigenvalue weighted by atomic mass is 16.1. The van der Waals surface area contributed by atoms with Crippen molar-refractivity contribution in [2.75, 3.05) is 0 Å². The fraction of sp³-hybridized carbons (Fsp3) is 0.889. The molecule has 60 valence electrons. The lowest BCUT2D eigenvalue weighted by Gasteiger charge is -2.08. The highest BCUT2D eigenvalue weighted by Crippen LogP contribution is 2.12. The van der Waals surface area contributed by atoms with Crippen LogP contribution in [0, 0.1) is 5.92 Å². The van der Waals surface area contributed by atoms with Crippen molar-refractivity contribution in [2.45, 2.75) is 46.5 Å². The van der Waals surface area contributed by atoms with Gasteiger partial charge in [-0.05, 0) is 19.8 Å². The van der Waals surface area contributed by atoms with E-state index in [1.165, 1.54) is 12.8 Å².